The second-order valence-corrected chi connectivity index (χ2v) is 8.07. The molecule has 0 unspecified atom stereocenters. The van der Waals surface area contributed by atoms with Crippen molar-refractivity contribution in [3.63, 3.8) is 0 Å². The Balaban J connectivity index is 1.77. The Kier molecular flexibility index (Phi) is 7.16. The molecule has 0 spiro atoms. The molecule has 3 rings (SSSR count). The number of anilines is 1. The number of ether oxygens (including phenoxy) is 3. The molecule has 0 aliphatic heterocycles. The number of nitrogens with zero attached hydrogens (tertiary/aromatic N) is 2. The summed E-state index contributed by atoms with van der Waals surface area (Å²) in [5.74, 6) is -1.37. The Labute approximate surface area is 192 Å². The summed E-state index contributed by atoms with van der Waals surface area (Å²) < 4.78 is 16.6. The molecular weight excluding hydrogens is 458 g/mol. The van der Waals surface area contributed by atoms with Crippen LogP contribution in [0.15, 0.2) is 30.5 Å². The molecule has 168 valence electrons. The smallest absolute Gasteiger partial charge is 0.348 e. The summed E-state index contributed by atoms with van der Waals surface area (Å²) in [6.07, 6.45) is 1.57. The standard InChI is InChI=1S/C21H20ClN3O6S/c1-11-5-6-13(22)15(9-11)31-10-25-8-7-14(24-25)18(26)23-19-16(20(27)29-3)12(2)17(32-19)21(28)30-4/h5-9H,10H2,1-4H3,(H,23,26). The van der Waals surface area contributed by atoms with Gasteiger partial charge in [0.15, 0.2) is 12.4 Å². The molecule has 2 heterocycles. The van der Waals surface area contributed by atoms with E-state index in [2.05, 4.69) is 10.4 Å². The Morgan fingerprint density at radius 2 is 1.84 bits per heavy atom. The quantitative estimate of drug-likeness (QED) is 0.511. The van der Waals surface area contributed by atoms with E-state index in [1.54, 1.807) is 25.3 Å². The number of carbonyl (C=O) groups is 3. The highest BCUT2D eigenvalue weighted by Gasteiger charge is 2.27. The lowest BCUT2D eigenvalue weighted by atomic mass is 10.1. The van der Waals surface area contributed by atoms with E-state index in [9.17, 15) is 14.4 Å². The van der Waals surface area contributed by atoms with Crippen LogP contribution in [0.5, 0.6) is 5.75 Å². The van der Waals surface area contributed by atoms with Gasteiger partial charge in [0, 0.05) is 6.20 Å². The minimum atomic E-state index is -0.682. The fourth-order valence-electron chi connectivity index (χ4n) is 2.82. The Hall–Kier alpha value is -3.37. The van der Waals surface area contributed by atoms with Crippen molar-refractivity contribution in [1.29, 1.82) is 0 Å². The van der Waals surface area contributed by atoms with Crippen LogP contribution in [-0.2, 0) is 16.2 Å². The molecule has 9 nitrogen and oxygen atoms in total. The highest BCUT2D eigenvalue weighted by molar-refractivity contribution is 7.18. The van der Waals surface area contributed by atoms with Crippen molar-refractivity contribution in [3.05, 3.63) is 62.7 Å². The number of hydrogen-bond donors (Lipinski definition) is 1. The second-order valence-electron chi connectivity index (χ2n) is 6.65. The minimum Gasteiger partial charge on any atom is -0.470 e. The molecule has 0 saturated carbocycles. The van der Waals surface area contributed by atoms with Crippen LogP contribution in [0.25, 0.3) is 0 Å². The van der Waals surface area contributed by atoms with Gasteiger partial charge < -0.3 is 19.5 Å². The van der Waals surface area contributed by atoms with Gasteiger partial charge in [-0.15, -0.1) is 11.3 Å². The lowest BCUT2D eigenvalue weighted by molar-refractivity contribution is 0.0601. The van der Waals surface area contributed by atoms with Gasteiger partial charge >= 0.3 is 11.9 Å². The summed E-state index contributed by atoms with van der Waals surface area (Å²) in [6, 6.07) is 6.90. The fraction of sp³-hybridized carbons (Fsp3) is 0.238. The first kappa shape index (κ1) is 23.3. The number of amides is 1. The van der Waals surface area contributed by atoms with E-state index in [-0.39, 0.29) is 27.9 Å². The van der Waals surface area contributed by atoms with Crippen LogP contribution in [0, 0.1) is 13.8 Å². The third kappa shape index (κ3) is 4.92. The summed E-state index contributed by atoms with van der Waals surface area (Å²) in [5, 5.41) is 7.43. The van der Waals surface area contributed by atoms with Gasteiger partial charge in [-0.3, -0.25) is 4.79 Å². The first-order chi connectivity index (χ1) is 15.2. The van der Waals surface area contributed by atoms with Gasteiger partial charge in [-0.05, 0) is 43.2 Å². The minimum absolute atomic E-state index is 0.0362. The molecule has 0 saturated heterocycles. The van der Waals surface area contributed by atoms with Crippen LogP contribution < -0.4 is 10.1 Å². The maximum absolute atomic E-state index is 12.7. The van der Waals surface area contributed by atoms with Gasteiger partial charge in [0.2, 0.25) is 0 Å². The number of halogens is 1. The van der Waals surface area contributed by atoms with Gasteiger partial charge in [-0.25, -0.2) is 14.3 Å². The van der Waals surface area contributed by atoms with E-state index in [4.69, 9.17) is 25.8 Å². The molecule has 0 aliphatic rings. The monoisotopic (exact) mass is 477 g/mol. The fourth-order valence-corrected chi connectivity index (χ4v) is 4.10. The highest BCUT2D eigenvalue weighted by Crippen LogP contribution is 2.34. The lowest BCUT2D eigenvalue weighted by Crippen LogP contribution is -2.16. The Morgan fingerprint density at radius 1 is 1.12 bits per heavy atom. The summed E-state index contributed by atoms with van der Waals surface area (Å²) in [4.78, 5) is 37.1. The molecule has 1 amide bonds. The largest absolute Gasteiger partial charge is 0.470 e. The average Bonchev–Trinajstić information content (AvgIpc) is 3.38. The van der Waals surface area contributed by atoms with Crippen molar-refractivity contribution < 1.29 is 28.6 Å². The zero-order chi connectivity index (χ0) is 23.4. The molecule has 0 radical (unpaired) electrons. The number of methoxy groups -OCH3 is 2. The third-order valence-electron chi connectivity index (χ3n) is 4.45. The van der Waals surface area contributed by atoms with E-state index in [0.29, 0.717) is 16.3 Å². The molecule has 0 aliphatic carbocycles. The van der Waals surface area contributed by atoms with E-state index >= 15 is 0 Å². The predicted octanol–water partition coefficient (Wildman–Crippen LogP) is 4.08. The zero-order valence-corrected chi connectivity index (χ0v) is 19.3. The summed E-state index contributed by atoms with van der Waals surface area (Å²) in [5.41, 5.74) is 1.52. The lowest BCUT2D eigenvalue weighted by Gasteiger charge is -2.08. The molecular formula is C21H20ClN3O6S. The number of thiophene rings is 1. The summed E-state index contributed by atoms with van der Waals surface area (Å²) in [6.45, 7) is 3.53. The van der Waals surface area contributed by atoms with Crippen molar-refractivity contribution in [1.82, 2.24) is 9.78 Å². The number of nitrogens with one attached hydrogen (secondary N) is 1. The van der Waals surface area contributed by atoms with Crippen LogP contribution in [0.4, 0.5) is 5.00 Å². The Bertz CT molecular complexity index is 1190. The molecule has 32 heavy (non-hydrogen) atoms. The van der Waals surface area contributed by atoms with Crippen LogP contribution in [-0.4, -0.2) is 41.8 Å². The van der Waals surface area contributed by atoms with Crippen LogP contribution in [0.1, 0.15) is 41.6 Å². The van der Waals surface area contributed by atoms with Gasteiger partial charge in [-0.1, -0.05) is 17.7 Å². The number of aryl methyl sites for hydroxylation is 1. The SMILES string of the molecule is COC(=O)c1sc(NC(=O)c2ccn(COc3cc(C)ccc3Cl)n2)c(C(=O)OC)c1C. The molecule has 0 fully saturated rings. The molecule has 11 heteroatoms. The Morgan fingerprint density at radius 3 is 2.53 bits per heavy atom. The van der Waals surface area contributed by atoms with E-state index in [1.165, 1.54) is 25.0 Å². The summed E-state index contributed by atoms with van der Waals surface area (Å²) >= 11 is 7.04. The molecule has 3 aromatic rings. The summed E-state index contributed by atoms with van der Waals surface area (Å²) in [7, 11) is 2.45. The molecule has 1 aromatic carbocycles. The second kappa shape index (κ2) is 9.84. The number of esters is 2. The predicted molar refractivity (Wildman–Crippen MR) is 119 cm³/mol. The van der Waals surface area contributed by atoms with E-state index < -0.39 is 17.8 Å². The third-order valence-corrected chi connectivity index (χ3v) is 5.95. The van der Waals surface area contributed by atoms with E-state index in [1.807, 2.05) is 13.0 Å². The number of carbonyl (C=O) groups excluding carboxylic acids is 3. The number of benzene rings is 1. The van der Waals surface area contributed by atoms with Crippen LogP contribution in [0.2, 0.25) is 5.02 Å². The van der Waals surface area contributed by atoms with Crippen LogP contribution >= 0.6 is 22.9 Å². The molecule has 1 N–H and O–H groups in total. The van der Waals surface area contributed by atoms with Gasteiger partial charge in [0.1, 0.15) is 15.6 Å². The molecule has 0 bridgehead atoms. The van der Waals surface area contributed by atoms with Crippen molar-refractivity contribution >= 4 is 45.8 Å². The zero-order valence-electron chi connectivity index (χ0n) is 17.7. The number of aromatic nitrogens is 2. The molecule has 2 aromatic heterocycles. The first-order valence-electron chi connectivity index (χ1n) is 9.29. The molecule has 0 atom stereocenters. The average molecular weight is 478 g/mol. The van der Waals surface area contributed by atoms with Gasteiger partial charge in [0.05, 0.1) is 24.8 Å². The van der Waals surface area contributed by atoms with E-state index in [0.717, 1.165) is 16.9 Å². The topological polar surface area (TPSA) is 109 Å². The van der Waals surface area contributed by atoms with Crippen molar-refractivity contribution in [2.45, 2.75) is 20.6 Å². The van der Waals surface area contributed by atoms with Crippen molar-refractivity contribution in [2.24, 2.45) is 0 Å². The normalized spacial score (nSPS) is 10.5. The van der Waals surface area contributed by atoms with Gasteiger partial charge in [-0.2, -0.15) is 5.10 Å². The maximum atomic E-state index is 12.7. The van der Waals surface area contributed by atoms with Gasteiger partial charge in [0.25, 0.3) is 5.91 Å². The highest BCUT2D eigenvalue weighted by atomic mass is 35.5. The number of hydrogen-bond acceptors (Lipinski definition) is 8. The van der Waals surface area contributed by atoms with Crippen LogP contribution in [0.3, 0.4) is 0 Å². The van der Waals surface area contributed by atoms with Crippen molar-refractivity contribution in [2.75, 3.05) is 19.5 Å². The number of rotatable bonds is 7. The maximum Gasteiger partial charge on any atom is 0.348 e. The first-order valence-corrected chi connectivity index (χ1v) is 10.5. The van der Waals surface area contributed by atoms with Crippen molar-refractivity contribution in [3.8, 4) is 5.75 Å².